The monoisotopic (exact) mass is 458 g/mol. The van der Waals surface area contributed by atoms with Gasteiger partial charge in [0.05, 0.1) is 16.4 Å². The van der Waals surface area contributed by atoms with Crippen LogP contribution in [0, 0.1) is 5.92 Å². The fraction of sp³-hybridized carbons (Fsp3) is 0.682. The van der Waals surface area contributed by atoms with Gasteiger partial charge < -0.3 is 10.1 Å². The molecule has 2 rings (SSSR count). The Morgan fingerprint density at radius 2 is 1.87 bits per heavy atom. The van der Waals surface area contributed by atoms with E-state index in [1.54, 1.807) is 13.8 Å². The molecule has 0 atom stereocenters. The zero-order valence-electron chi connectivity index (χ0n) is 18.5. The normalized spacial score (nSPS) is 20.0. The maximum Gasteiger partial charge on any atom is 0.223 e. The number of ether oxygens (including phenoxy) is 1. The number of carbonyl (C=O) groups is 1. The molecule has 1 amide bonds. The second-order valence-electron chi connectivity index (χ2n) is 8.49. The highest BCUT2D eigenvalue weighted by molar-refractivity contribution is 7.90. The molecule has 0 aromatic heterocycles. The highest BCUT2D eigenvalue weighted by Crippen LogP contribution is 2.29. The molecule has 0 aliphatic heterocycles. The van der Waals surface area contributed by atoms with Gasteiger partial charge in [-0.25, -0.2) is 13.1 Å². The van der Waals surface area contributed by atoms with E-state index in [2.05, 4.69) is 10.0 Å². The van der Waals surface area contributed by atoms with Crippen LogP contribution in [0.25, 0.3) is 0 Å². The molecule has 0 saturated heterocycles. The van der Waals surface area contributed by atoms with Gasteiger partial charge in [-0.15, -0.1) is 0 Å². The summed E-state index contributed by atoms with van der Waals surface area (Å²) in [4.78, 5) is 12.5. The number of rotatable bonds is 10. The Bertz CT molecular complexity index is 818. The van der Waals surface area contributed by atoms with Crippen molar-refractivity contribution in [2.45, 2.75) is 77.0 Å². The Balaban J connectivity index is 1.79. The van der Waals surface area contributed by atoms with Crippen LogP contribution in [-0.4, -0.2) is 38.3 Å². The van der Waals surface area contributed by atoms with E-state index in [1.165, 1.54) is 0 Å². The molecule has 0 heterocycles. The second kappa shape index (κ2) is 10.8. The summed E-state index contributed by atoms with van der Waals surface area (Å²) < 4.78 is 32.6. The third-order valence-electron chi connectivity index (χ3n) is 6.04. The highest BCUT2D eigenvalue weighted by Gasteiger charge is 2.36. The molecular formula is C22H35ClN2O4S. The molecular weight excluding hydrogens is 424 g/mol. The minimum absolute atomic E-state index is 0.0299. The summed E-state index contributed by atoms with van der Waals surface area (Å²) >= 11 is 6.37. The van der Waals surface area contributed by atoms with Gasteiger partial charge in [0.25, 0.3) is 0 Å². The van der Waals surface area contributed by atoms with Crippen LogP contribution in [0.15, 0.2) is 18.2 Å². The molecule has 1 fully saturated rings. The number of carbonyl (C=O) groups excluding carboxylic acids is 1. The Labute approximate surface area is 186 Å². The minimum atomic E-state index is -3.38. The summed E-state index contributed by atoms with van der Waals surface area (Å²) in [6.45, 7) is 8.32. The fourth-order valence-electron chi connectivity index (χ4n) is 3.52. The van der Waals surface area contributed by atoms with Gasteiger partial charge in [0, 0.05) is 18.5 Å². The highest BCUT2D eigenvalue weighted by atomic mass is 35.5. The van der Waals surface area contributed by atoms with Crippen molar-refractivity contribution in [2.24, 2.45) is 5.92 Å². The third kappa shape index (κ3) is 6.34. The molecule has 1 aliphatic rings. The smallest absolute Gasteiger partial charge is 0.223 e. The summed E-state index contributed by atoms with van der Waals surface area (Å²) in [5.74, 6) is 0.618. The van der Waals surface area contributed by atoms with Gasteiger partial charge in [0.1, 0.15) is 5.75 Å². The Morgan fingerprint density at radius 1 is 1.20 bits per heavy atom. The first-order valence-electron chi connectivity index (χ1n) is 10.8. The van der Waals surface area contributed by atoms with Crippen LogP contribution in [0.4, 0.5) is 0 Å². The van der Waals surface area contributed by atoms with Crippen LogP contribution in [0.3, 0.4) is 0 Å². The Hall–Kier alpha value is -1.31. The van der Waals surface area contributed by atoms with Crippen molar-refractivity contribution in [3.05, 3.63) is 28.8 Å². The summed E-state index contributed by atoms with van der Waals surface area (Å²) in [5, 5.41) is 3.59. The number of hydrogen-bond donors (Lipinski definition) is 2. The fourth-order valence-corrected chi connectivity index (χ4v) is 5.17. The van der Waals surface area contributed by atoms with Crippen LogP contribution < -0.4 is 14.8 Å². The summed E-state index contributed by atoms with van der Waals surface area (Å²) in [6.07, 6.45) is 3.92. The van der Waals surface area contributed by atoms with E-state index in [1.807, 2.05) is 32.0 Å². The van der Waals surface area contributed by atoms with Crippen molar-refractivity contribution in [1.82, 2.24) is 10.0 Å². The molecule has 170 valence electrons. The van der Waals surface area contributed by atoms with Crippen molar-refractivity contribution in [2.75, 3.05) is 13.2 Å². The van der Waals surface area contributed by atoms with E-state index in [0.717, 1.165) is 5.56 Å². The van der Waals surface area contributed by atoms with E-state index in [4.69, 9.17) is 16.3 Å². The van der Waals surface area contributed by atoms with Crippen LogP contribution in [0.1, 0.15) is 65.4 Å². The first kappa shape index (κ1) is 25.0. The van der Waals surface area contributed by atoms with Crippen molar-refractivity contribution < 1.29 is 17.9 Å². The van der Waals surface area contributed by atoms with Crippen LogP contribution in [0.2, 0.25) is 5.02 Å². The van der Waals surface area contributed by atoms with Gasteiger partial charge >= 0.3 is 0 Å². The standard InChI is InChI=1S/C22H35ClN2O4S/c1-5-22(3,4)30(27,28)25-18-12-10-17(11-13-18)21(26)24-15-14-16-8-7-9-19(20(16)23)29-6-2/h7-9,17-18,25H,5-6,10-15H2,1-4H3,(H,24,26). The number of halogens is 1. The van der Waals surface area contributed by atoms with Gasteiger partial charge in [0.15, 0.2) is 0 Å². The zero-order valence-corrected chi connectivity index (χ0v) is 20.0. The van der Waals surface area contributed by atoms with E-state index in [-0.39, 0.29) is 17.9 Å². The van der Waals surface area contributed by atoms with Gasteiger partial charge in [-0.1, -0.05) is 30.7 Å². The Morgan fingerprint density at radius 3 is 2.47 bits per heavy atom. The number of benzene rings is 1. The largest absolute Gasteiger partial charge is 0.492 e. The lowest BCUT2D eigenvalue weighted by molar-refractivity contribution is -0.125. The molecule has 30 heavy (non-hydrogen) atoms. The van der Waals surface area contributed by atoms with E-state index >= 15 is 0 Å². The maximum absolute atomic E-state index is 12.5. The van der Waals surface area contributed by atoms with Gasteiger partial charge in [-0.2, -0.15) is 0 Å². The predicted molar refractivity (Wildman–Crippen MR) is 122 cm³/mol. The summed E-state index contributed by atoms with van der Waals surface area (Å²) in [6, 6.07) is 5.58. The topological polar surface area (TPSA) is 84.5 Å². The molecule has 0 spiro atoms. The number of nitrogens with one attached hydrogen (secondary N) is 2. The van der Waals surface area contributed by atoms with E-state index in [9.17, 15) is 13.2 Å². The molecule has 1 saturated carbocycles. The van der Waals surface area contributed by atoms with Crippen molar-refractivity contribution >= 4 is 27.5 Å². The maximum atomic E-state index is 12.5. The Kier molecular flexibility index (Phi) is 9.00. The van der Waals surface area contributed by atoms with Crippen LogP contribution in [0.5, 0.6) is 5.75 Å². The first-order chi connectivity index (χ1) is 14.1. The quantitative estimate of drug-likeness (QED) is 0.553. The summed E-state index contributed by atoms with van der Waals surface area (Å²) in [7, 11) is -3.38. The average molecular weight is 459 g/mol. The predicted octanol–water partition coefficient (Wildman–Crippen LogP) is 4.06. The lowest BCUT2D eigenvalue weighted by atomic mass is 9.86. The number of sulfonamides is 1. The molecule has 0 bridgehead atoms. The molecule has 1 aromatic carbocycles. The molecule has 0 unspecified atom stereocenters. The lowest BCUT2D eigenvalue weighted by Crippen LogP contribution is -2.47. The molecule has 1 aliphatic carbocycles. The van der Waals surface area contributed by atoms with Gasteiger partial charge in [-0.3, -0.25) is 4.79 Å². The number of amides is 1. The molecule has 1 aromatic rings. The molecule has 6 nitrogen and oxygen atoms in total. The lowest BCUT2D eigenvalue weighted by Gasteiger charge is -2.31. The first-order valence-corrected chi connectivity index (χ1v) is 12.7. The summed E-state index contributed by atoms with van der Waals surface area (Å²) in [5.41, 5.74) is 0.944. The molecule has 0 radical (unpaired) electrons. The van der Waals surface area contributed by atoms with Crippen LogP contribution >= 0.6 is 11.6 Å². The third-order valence-corrected chi connectivity index (χ3v) is 8.85. The van der Waals surface area contributed by atoms with Crippen molar-refractivity contribution in [1.29, 1.82) is 0 Å². The molecule has 8 heteroatoms. The van der Waals surface area contributed by atoms with Crippen LogP contribution in [-0.2, 0) is 21.2 Å². The minimum Gasteiger partial charge on any atom is -0.492 e. The zero-order chi connectivity index (χ0) is 22.4. The van der Waals surface area contributed by atoms with Crippen molar-refractivity contribution in [3.63, 3.8) is 0 Å². The number of hydrogen-bond acceptors (Lipinski definition) is 4. The van der Waals surface area contributed by atoms with Crippen molar-refractivity contribution in [3.8, 4) is 5.75 Å². The molecule has 2 N–H and O–H groups in total. The van der Waals surface area contributed by atoms with E-state index in [0.29, 0.717) is 62.4 Å². The second-order valence-corrected chi connectivity index (χ2v) is 11.2. The SMILES string of the molecule is CCOc1cccc(CCNC(=O)C2CCC(NS(=O)(=O)C(C)(C)CC)CC2)c1Cl. The van der Waals surface area contributed by atoms with E-state index < -0.39 is 14.8 Å². The average Bonchev–Trinajstić information content (AvgIpc) is 2.71. The van der Waals surface area contributed by atoms with Gasteiger partial charge in [0.2, 0.25) is 15.9 Å². The van der Waals surface area contributed by atoms with Gasteiger partial charge in [-0.05, 0) is 70.9 Å².